The number of aryl methyl sites for hydroxylation is 1. The van der Waals surface area contributed by atoms with E-state index in [1.165, 1.54) is 105 Å². The Kier molecular flexibility index (Phi) is 10.1. The Labute approximate surface area is 482 Å². The second-order valence-electron chi connectivity index (χ2n) is 25.8. The van der Waals surface area contributed by atoms with Gasteiger partial charge in [0.15, 0.2) is 0 Å². The van der Waals surface area contributed by atoms with E-state index in [1.807, 2.05) is 0 Å². The third-order valence-corrected chi connectivity index (χ3v) is 19.8. The highest BCUT2D eigenvalue weighted by Crippen LogP contribution is 2.56. The van der Waals surface area contributed by atoms with Gasteiger partial charge in [-0.1, -0.05) is 194 Å². The SMILES string of the molecule is Cc1ccc(-n2c3ccc(N(c4ccc5c(c4)C(C)(C)c4ccccc4-5)c4ccc5c(c4)C(C)(C)c4ccccc4-5)cc3c3cc(N(c4ccc5c(c4)C(C)(C)c4ccccc4-5)c4ccc5c(c4)C(C)(C)c4ccccc4-5)ccc32)cc1. The number of aromatic nitrogens is 1. The number of rotatable bonds is 7. The summed E-state index contributed by atoms with van der Waals surface area (Å²) in [7, 11) is 0. The van der Waals surface area contributed by atoms with Crippen molar-refractivity contribution in [2.75, 3.05) is 9.80 Å². The molecule has 12 aromatic rings. The molecular weight excluding hydrogens is 991 g/mol. The number of nitrogens with zero attached hydrogens (tertiary/aromatic N) is 3. The molecule has 3 nitrogen and oxygen atoms in total. The highest BCUT2D eigenvalue weighted by Gasteiger charge is 2.40. The molecule has 0 fully saturated rings. The Bertz CT molecular complexity index is 4220. The quantitative estimate of drug-likeness (QED) is 0.158. The predicted molar refractivity (Wildman–Crippen MR) is 345 cm³/mol. The third kappa shape index (κ3) is 6.71. The van der Waals surface area contributed by atoms with E-state index in [1.54, 1.807) is 0 Å². The molecule has 0 amide bonds. The average Bonchev–Trinajstić information content (AvgIpc) is 4.29. The molecule has 0 radical (unpaired) electrons. The summed E-state index contributed by atoms with van der Waals surface area (Å²) >= 11 is 0. The Morgan fingerprint density at radius 2 is 0.512 bits per heavy atom. The van der Waals surface area contributed by atoms with Crippen molar-refractivity contribution in [3.63, 3.8) is 0 Å². The van der Waals surface area contributed by atoms with Crippen molar-refractivity contribution in [3.05, 3.63) is 281 Å². The number of benzene rings is 11. The van der Waals surface area contributed by atoms with Gasteiger partial charge in [0.25, 0.3) is 0 Å². The van der Waals surface area contributed by atoms with Gasteiger partial charge in [-0.3, -0.25) is 0 Å². The van der Waals surface area contributed by atoms with Crippen LogP contribution < -0.4 is 9.80 Å². The Morgan fingerprint density at radius 3 is 0.817 bits per heavy atom. The largest absolute Gasteiger partial charge is 0.310 e. The molecule has 0 saturated heterocycles. The molecule has 4 aliphatic carbocycles. The summed E-state index contributed by atoms with van der Waals surface area (Å²) in [6.45, 7) is 21.3. The maximum absolute atomic E-state index is 2.53. The lowest BCUT2D eigenvalue weighted by Gasteiger charge is -2.30. The first-order valence-electron chi connectivity index (χ1n) is 29.3. The minimum absolute atomic E-state index is 0.167. The van der Waals surface area contributed by atoms with Crippen molar-refractivity contribution >= 4 is 55.9 Å². The third-order valence-electron chi connectivity index (χ3n) is 19.8. The topological polar surface area (TPSA) is 11.4 Å². The molecule has 0 saturated carbocycles. The van der Waals surface area contributed by atoms with E-state index in [0.29, 0.717) is 0 Å². The van der Waals surface area contributed by atoms with Crippen LogP contribution in [0.5, 0.6) is 0 Å². The smallest absolute Gasteiger partial charge is 0.0542 e. The van der Waals surface area contributed by atoms with Gasteiger partial charge >= 0.3 is 0 Å². The van der Waals surface area contributed by atoms with Crippen LogP contribution in [0, 0.1) is 6.92 Å². The van der Waals surface area contributed by atoms with E-state index >= 15 is 0 Å². The summed E-state index contributed by atoms with van der Waals surface area (Å²) in [5.74, 6) is 0. The summed E-state index contributed by atoms with van der Waals surface area (Å²) in [6, 6.07) is 88.1. The van der Waals surface area contributed by atoms with Gasteiger partial charge in [0, 0.05) is 72.2 Å². The lowest BCUT2D eigenvalue weighted by atomic mass is 9.82. The van der Waals surface area contributed by atoms with Crippen LogP contribution in [0.25, 0.3) is 72.0 Å². The molecule has 11 aromatic carbocycles. The van der Waals surface area contributed by atoms with Crippen LogP contribution in [-0.4, -0.2) is 4.57 Å². The molecule has 396 valence electrons. The molecule has 0 aliphatic heterocycles. The number of hydrogen-bond donors (Lipinski definition) is 0. The van der Waals surface area contributed by atoms with Gasteiger partial charge in [-0.2, -0.15) is 0 Å². The van der Waals surface area contributed by atoms with Gasteiger partial charge in [0.2, 0.25) is 0 Å². The average molecular weight is 1060 g/mol. The van der Waals surface area contributed by atoms with Crippen LogP contribution in [-0.2, 0) is 21.7 Å². The van der Waals surface area contributed by atoms with E-state index in [0.717, 1.165) is 50.8 Å². The van der Waals surface area contributed by atoms with Crippen molar-refractivity contribution in [1.82, 2.24) is 4.57 Å². The Hall–Kier alpha value is -9.18. The van der Waals surface area contributed by atoms with Gasteiger partial charge in [0.1, 0.15) is 0 Å². The van der Waals surface area contributed by atoms with Gasteiger partial charge in [-0.05, 0) is 193 Å². The first-order chi connectivity index (χ1) is 39.6. The predicted octanol–water partition coefficient (Wildman–Crippen LogP) is 21.3. The summed E-state index contributed by atoms with van der Waals surface area (Å²) < 4.78 is 2.47. The molecule has 0 unspecified atom stereocenters. The van der Waals surface area contributed by atoms with Gasteiger partial charge in [-0.25, -0.2) is 0 Å². The minimum atomic E-state index is -0.167. The van der Waals surface area contributed by atoms with Gasteiger partial charge in [-0.15, -0.1) is 0 Å². The van der Waals surface area contributed by atoms with Crippen LogP contribution in [0.4, 0.5) is 34.1 Å². The fourth-order valence-electron chi connectivity index (χ4n) is 15.5. The van der Waals surface area contributed by atoms with E-state index < -0.39 is 0 Å². The monoisotopic (exact) mass is 1060 g/mol. The van der Waals surface area contributed by atoms with Gasteiger partial charge < -0.3 is 14.4 Å². The van der Waals surface area contributed by atoms with Gasteiger partial charge in [0.05, 0.1) is 11.0 Å². The summed E-state index contributed by atoms with van der Waals surface area (Å²) in [5, 5.41) is 2.39. The molecule has 1 aromatic heterocycles. The molecule has 0 atom stereocenters. The molecule has 1 heterocycles. The standard InChI is InChI=1S/C79H65N3/c1-48-26-28-49(29-27-48)82-74-40-34-50(80(52-30-36-60-56-18-10-14-22-66(56)76(2,3)70(60)44-52)53-31-37-61-57-19-11-15-23-67(57)77(4,5)71(61)45-53)42-64(74)65-43-51(35-41-75(65)82)81(54-32-38-62-58-20-12-16-24-68(58)78(6,7)72(62)46-54)55-33-39-63-59-21-13-17-25-69(59)79(8,9)73(63)47-55/h10-47H,1-9H3. The van der Waals surface area contributed by atoms with Crippen molar-refractivity contribution < 1.29 is 0 Å². The Morgan fingerprint density at radius 1 is 0.256 bits per heavy atom. The van der Waals surface area contributed by atoms with Crippen molar-refractivity contribution in [2.45, 2.75) is 84.0 Å². The van der Waals surface area contributed by atoms with Crippen LogP contribution >= 0.6 is 0 Å². The molecule has 82 heavy (non-hydrogen) atoms. The zero-order valence-electron chi connectivity index (χ0n) is 48.3. The fraction of sp³-hybridized carbons (Fsp3) is 0.165. The van der Waals surface area contributed by atoms with Crippen LogP contribution in [0.2, 0.25) is 0 Å². The van der Waals surface area contributed by atoms with Crippen molar-refractivity contribution in [3.8, 4) is 50.2 Å². The number of fused-ring (bicyclic) bond motifs is 15. The highest BCUT2D eigenvalue weighted by atomic mass is 15.2. The molecule has 4 aliphatic rings. The lowest BCUT2D eigenvalue weighted by molar-refractivity contribution is 0.659. The highest BCUT2D eigenvalue weighted by molar-refractivity contribution is 6.12. The molecule has 0 N–H and O–H groups in total. The van der Waals surface area contributed by atoms with E-state index in [4.69, 9.17) is 0 Å². The minimum Gasteiger partial charge on any atom is -0.310 e. The lowest BCUT2D eigenvalue weighted by Crippen LogP contribution is -2.18. The summed E-state index contributed by atoms with van der Waals surface area (Å²) in [6.07, 6.45) is 0. The summed E-state index contributed by atoms with van der Waals surface area (Å²) in [5.41, 5.74) is 32.3. The van der Waals surface area contributed by atoms with E-state index in [-0.39, 0.29) is 21.7 Å². The fourth-order valence-corrected chi connectivity index (χ4v) is 15.5. The number of anilines is 6. The normalized spacial score (nSPS) is 15.5. The molecule has 0 bridgehead atoms. The maximum Gasteiger partial charge on any atom is 0.0542 e. The summed E-state index contributed by atoms with van der Waals surface area (Å²) in [4.78, 5) is 5.05. The van der Waals surface area contributed by atoms with Crippen molar-refractivity contribution in [1.29, 1.82) is 0 Å². The zero-order valence-corrected chi connectivity index (χ0v) is 48.3. The zero-order chi connectivity index (χ0) is 55.8. The first kappa shape index (κ1) is 48.7. The van der Waals surface area contributed by atoms with Crippen LogP contribution in [0.3, 0.4) is 0 Å². The van der Waals surface area contributed by atoms with Crippen LogP contribution in [0.1, 0.15) is 105 Å². The second-order valence-corrected chi connectivity index (χ2v) is 25.8. The van der Waals surface area contributed by atoms with Crippen LogP contribution in [0.15, 0.2) is 231 Å². The molecule has 0 spiro atoms. The molecule has 16 rings (SSSR count). The maximum atomic E-state index is 2.53. The number of hydrogen-bond acceptors (Lipinski definition) is 2. The Balaban J connectivity index is 0.930. The molecular formula is C79H65N3. The molecule has 3 heteroatoms. The van der Waals surface area contributed by atoms with E-state index in [2.05, 4.69) is 307 Å². The van der Waals surface area contributed by atoms with Crippen molar-refractivity contribution in [2.24, 2.45) is 0 Å². The van der Waals surface area contributed by atoms with E-state index in [9.17, 15) is 0 Å². The second kappa shape index (κ2) is 16.9. The first-order valence-corrected chi connectivity index (χ1v) is 29.3.